The molecule has 0 aromatic carbocycles. The van der Waals surface area contributed by atoms with E-state index in [1.165, 1.54) is 0 Å². The fraction of sp³-hybridized carbons (Fsp3) is 0.312. The van der Waals surface area contributed by atoms with Crippen LogP contribution in [0.1, 0.15) is 25.5 Å². The number of H-pyrrole nitrogens is 1. The molecule has 2 nitrogen and oxygen atoms in total. The highest BCUT2D eigenvalue weighted by atomic mass is 19.1. The molecule has 0 fully saturated rings. The standard InChI is InChI=1S/C16H19FN2/c1-2-3-4-6-13(12-17)8-9-15-11-14-7-5-10-18-16(14)19-15/h3-7,10-11H,2,8-9,12H2,1H3,(H,18,19)/b4-3-,13-6-. The maximum absolute atomic E-state index is 12.9. The third-order valence-electron chi connectivity index (χ3n) is 3.04. The molecule has 0 saturated heterocycles. The van der Waals surface area contributed by atoms with E-state index in [-0.39, 0.29) is 6.67 Å². The minimum Gasteiger partial charge on any atom is -0.343 e. The molecule has 19 heavy (non-hydrogen) atoms. The molecule has 100 valence electrons. The lowest BCUT2D eigenvalue weighted by Crippen LogP contribution is -1.91. The molecular formula is C16H19FN2. The van der Waals surface area contributed by atoms with E-state index in [4.69, 9.17) is 0 Å². The van der Waals surface area contributed by atoms with Gasteiger partial charge in [-0.2, -0.15) is 0 Å². The van der Waals surface area contributed by atoms with Gasteiger partial charge in [0.15, 0.2) is 0 Å². The van der Waals surface area contributed by atoms with E-state index in [2.05, 4.69) is 23.0 Å². The summed E-state index contributed by atoms with van der Waals surface area (Å²) in [4.78, 5) is 7.52. The van der Waals surface area contributed by atoms with Crippen LogP contribution in [0.2, 0.25) is 0 Å². The molecule has 3 heteroatoms. The molecule has 0 aliphatic rings. The van der Waals surface area contributed by atoms with E-state index in [9.17, 15) is 4.39 Å². The number of allylic oxidation sites excluding steroid dienone is 4. The second kappa shape index (κ2) is 6.88. The van der Waals surface area contributed by atoms with Crippen LogP contribution in [-0.4, -0.2) is 16.6 Å². The lowest BCUT2D eigenvalue weighted by Gasteiger charge is -2.00. The maximum atomic E-state index is 12.9. The van der Waals surface area contributed by atoms with Crippen LogP contribution < -0.4 is 0 Å². The van der Waals surface area contributed by atoms with Crippen molar-refractivity contribution < 1.29 is 4.39 Å². The number of hydrogen-bond acceptors (Lipinski definition) is 1. The quantitative estimate of drug-likeness (QED) is 0.766. The Hall–Kier alpha value is -1.90. The van der Waals surface area contributed by atoms with E-state index >= 15 is 0 Å². The second-order valence-corrected chi connectivity index (χ2v) is 4.53. The number of alkyl halides is 1. The van der Waals surface area contributed by atoms with Crippen molar-refractivity contribution in [2.75, 3.05) is 6.67 Å². The van der Waals surface area contributed by atoms with Crippen molar-refractivity contribution in [3.8, 4) is 0 Å². The van der Waals surface area contributed by atoms with Crippen molar-refractivity contribution in [2.45, 2.75) is 26.2 Å². The molecule has 0 atom stereocenters. The normalized spacial score (nSPS) is 12.6. The number of nitrogens with one attached hydrogen (secondary N) is 1. The number of fused-ring (bicyclic) bond motifs is 1. The molecule has 0 radical (unpaired) electrons. The van der Waals surface area contributed by atoms with Gasteiger partial charge in [-0.15, -0.1) is 0 Å². The smallest absolute Gasteiger partial charge is 0.137 e. The first-order chi connectivity index (χ1) is 9.33. The predicted molar refractivity (Wildman–Crippen MR) is 77.9 cm³/mol. The fourth-order valence-corrected chi connectivity index (χ4v) is 1.98. The van der Waals surface area contributed by atoms with E-state index in [1.54, 1.807) is 6.20 Å². The maximum Gasteiger partial charge on any atom is 0.137 e. The summed E-state index contributed by atoms with van der Waals surface area (Å²) in [7, 11) is 0. The summed E-state index contributed by atoms with van der Waals surface area (Å²) >= 11 is 0. The van der Waals surface area contributed by atoms with Crippen LogP contribution in [0.25, 0.3) is 11.0 Å². The van der Waals surface area contributed by atoms with Gasteiger partial charge in [0, 0.05) is 17.3 Å². The van der Waals surface area contributed by atoms with Crippen molar-refractivity contribution in [3.63, 3.8) is 0 Å². The van der Waals surface area contributed by atoms with E-state index in [0.717, 1.165) is 41.6 Å². The van der Waals surface area contributed by atoms with Crippen LogP contribution in [0.15, 0.2) is 48.2 Å². The highest BCUT2D eigenvalue weighted by Crippen LogP contribution is 2.15. The molecule has 0 bridgehead atoms. The van der Waals surface area contributed by atoms with Crippen LogP contribution in [0.3, 0.4) is 0 Å². The topological polar surface area (TPSA) is 28.7 Å². The van der Waals surface area contributed by atoms with Gasteiger partial charge in [-0.3, -0.25) is 0 Å². The van der Waals surface area contributed by atoms with Crippen molar-refractivity contribution in [1.29, 1.82) is 0 Å². The zero-order valence-corrected chi connectivity index (χ0v) is 11.2. The minimum atomic E-state index is -0.382. The van der Waals surface area contributed by atoms with Crippen molar-refractivity contribution in [1.82, 2.24) is 9.97 Å². The van der Waals surface area contributed by atoms with Crippen molar-refractivity contribution >= 4 is 11.0 Å². The van der Waals surface area contributed by atoms with Gasteiger partial charge < -0.3 is 4.98 Å². The largest absolute Gasteiger partial charge is 0.343 e. The van der Waals surface area contributed by atoms with Gasteiger partial charge in [0.1, 0.15) is 12.3 Å². The number of rotatable bonds is 6. The fourth-order valence-electron chi connectivity index (χ4n) is 1.98. The molecule has 2 heterocycles. The number of aromatic amines is 1. The summed E-state index contributed by atoms with van der Waals surface area (Å²) in [6.45, 7) is 1.68. The molecule has 2 rings (SSSR count). The van der Waals surface area contributed by atoms with Crippen molar-refractivity contribution in [2.24, 2.45) is 0 Å². The van der Waals surface area contributed by atoms with E-state index < -0.39 is 0 Å². The number of halogens is 1. The van der Waals surface area contributed by atoms with E-state index in [1.807, 2.05) is 30.4 Å². The Morgan fingerprint density at radius 3 is 3.11 bits per heavy atom. The first kappa shape index (κ1) is 13.5. The molecule has 1 N–H and O–H groups in total. The van der Waals surface area contributed by atoms with Crippen LogP contribution in [-0.2, 0) is 6.42 Å². The predicted octanol–water partition coefficient (Wildman–Crippen LogP) is 4.36. The first-order valence-electron chi connectivity index (χ1n) is 6.66. The highest BCUT2D eigenvalue weighted by molar-refractivity contribution is 5.76. The Kier molecular flexibility index (Phi) is 4.90. The lowest BCUT2D eigenvalue weighted by atomic mass is 10.1. The number of aromatic nitrogens is 2. The number of hydrogen-bond donors (Lipinski definition) is 1. The van der Waals surface area contributed by atoms with Crippen LogP contribution in [0.4, 0.5) is 4.39 Å². The van der Waals surface area contributed by atoms with Gasteiger partial charge in [0.05, 0.1) is 0 Å². The molecule has 0 saturated carbocycles. The van der Waals surface area contributed by atoms with Gasteiger partial charge in [-0.25, -0.2) is 9.37 Å². The van der Waals surface area contributed by atoms with Gasteiger partial charge >= 0.3 is 0 Å². The third kappa shape index (κ3) is 3.78. The van der Waals surface area contributed by atoms with Gasteiger partial charge in [0.25, 0.3) is 0 Å². The number of aryl methyl sites for hydroxylation is 1. The van der Waals surface area contributed by atoms with Crippen LogP contribution >= 0.6 is 0 Å². The van der Waals surface area contributed by atoms with E-state index in [0.29, 0.717) is 0 Å². The Morgan fingerprint density at radius 1 is 1.47 bits per heavy atom. The molecule has 0 unspecified atom stereocenters. The zero-order valence-electron chi connectivity index (χ0n) is 11.2. The summed E-state index contributed by atoms with van der Waals surface area (Å²) in [6, 6.07) is 6.03. The van der Waals surface area contributed by atoms with Gasteiger partial charge in [0.2, 0.25) is 0 Å². The first-order valence-corrected chi connectivity index (χ1v) is 6.66. The zero-order chi connectivity index (χ0) is 13.5. The number of nitrogens with zero attached hydrogens (tertiary/aromatic N) is 1. The molecular weight excluding hydrogens is 239 g/mol. The third-order valence-corrected chi connectivity index (χ3v) is 3.04. The molecule has 0 amide bonds. The summed E-state index contributed by atoms with van der Waals surface area (Å²) < 4.78 is 12.9. The molecule has 0 aliphatic heterocycles. The Labute approximate surface area is 113 Å². The number of pyridine rings is 1. The Morgan fingerprint density at radius 2 is 2.37 bits per heavy atom. The monoisotopic (exact) mass is 258 g/mol. The van der Waals surface area contributed by atoms with Crippen LogP contribution in [0.5, 0.6) is 0 Å². The molecule has 0 aliphatic carbocycles. The summed E-state index contributed by atoms with van der Waals surface area (Å²) in [5.74, 6) is 0. The Bertz CT molecular complexity index is 548. The van der Waals surface area contributed by atoms with Gasteiger partial charge in [-0.1, -0.05) is 25.2 Å². The Balaban J connectivity index is 2.00. The second-order valence-electron chi connectivity index (χ2n) is 4.53. The average molecular weight is 258 g/mol. The molecule has 2 aromatic heterocycles. The highest BCUT2D eigenvalue weighted by Gasteiger charge is 2.02. The molecule has 2 aromatic rings. The summed E-state index contributed by atoms with van der Waals surface area (Å²) in [5, 5.41) is 1.11. The SMILES string of the molecule is CC/C=C\C=C(/CF)CCc1cc2cccnc2[nH]1. The summed E-state index contributed by atoms with van der Waals surface area (Å²) in [5.41, 5.74) is 2.83. The summed E-state index contributed by atoms with van der Waals surface area (Å²) in [6.07, 6.45) is 10.1. The van der Waals surface area contributed by atoms with Gasteiger partial charge in [-0.05, 0) is 43.0 Å². The average Bonchev–Trinajstić information content (AvgIpc) is 2.85. The molecule has 0 spiro atoms. The van der Waals surface area contributed by atoms with Crippen LogP contribution in [0, 0.1) is 0 Å². The minimum absolute atomic E-state index is 0.382. The van der Waals surface area contributed by atoms with Crippen molar-refractivity contribution in [3.05, 3.63) is 53.9 Å². The lowest BCUT2D eigenvalue weighted by molar-refractivity contribution is 0.531.